The third-order valence-electron chi connectivity index (χ3n) is 3.23. The average Bonchev–Trinajstić information content (AvgIpc) is 2.36. The van der Waals surface area contributed by atoms with Gasteiger partial charge in [0.2, 0.25) is 0 Å². The van der Waals surface area contributed by atoms with Gasteiger partial charge in [-0.2, -0.15) is 0 Å². The topological polar surface area (TPSA) is 12.0 Å². The van der Waals surface area contributed by atoms with Crippen molar-refractivity contribution in [2.75, 3.05) is 0 Å². The molecule has 0 aliphatic carbocycles. The summed E-state index contributed by atoms with van der Waals surface area (Å²) in [5.41, 5.74) is 1.20. The van der Waals surface area contributed by atoms with Crippen LogP contribution in [0, 0.1) is 11.6 Å². The molecule has 2 aromatic rings. The molecule has 1 nitrogen and oxygen atoms in total. The first kappa shape index (κ1) is 14.9. The van der Waals surface area contributed by atoms with Crippen LogP contribution in [0.4, 0.5) is 8.78 Å². The Morgan fingerprint density at radius 1 is 1.05 bits per heavy atom. The third kappa shape index (κ3) is 3.56. The molecule has 0 saturated heterocycles. The standard InChI is InChI=1S/C16H16ClF2N/c1-16(2,14-7-6-13(19)9-15(14)17)20-10-11-4-3-5-12(18)8-11/h3-9,20H,10H2,1-2H3. The van der Waals surface area contributed by atoms with Gasteiger partial charge in [-0.05, 0) is 49.2 Å². The zero-order valence-corrected chi connectivity index (χ0v) is 12.1. The molecule has 0 spiro atoms. The van der Waals surface area contributed by atoms with Gasteiger partial charge in [0.05, 0.1) is 0 Å². The van der Waals surface area contributed by atoms with E-state index in [-0.39, 0.29) is 11.6 Å². The van der Waals surface area contributed by atoms with Gasteiger partial charge in [0.1, 0.15) is 11.6 Å². The van der Waals surface area contributed by atoms with Crippen molar-refractivity contribution in [3.8, 4) is 0 Å². The SMILES string of the molecule is CC(C)(NCc1cccc(F)c1)c1ccc(F)cc1Cl. The summed E-state index contributed by atoms with van der Waals surface area (Å²) in [6, 6.07) is 10.7. The quantitative estimate of drug-likeness (QED) is 0.866. The molecule has 2 rings (SSSR count). The number of hydrogen-bond acceptors (Lipinski definition) is 1. The molecule has 20 heavy (non-hydrogen) atoms. The highest BCUT2D eigenvalue weighted by atomic mass is 35.5. The zero-order valence-electron chi connectivity index (χ0n) is 11.4. The van der Waals surface area contributed by atoms with Gasteiger partial charge in [-0.1, -0.05) is 29.8 Å². The van der Waals surface area contributed by atoms with Crippen molar-refractivity contribution in [3.63, 3.8) is 0 Å². The predicted octanol–water partition coefficient (Wildman–Crippen LogP) is 4.64. The number of benzene rings is 2. The molecule has 0 aliphatic rings. The van der Waals surface area contributed by atoms with E-state index in [1.165, 1.54) is 24.3 Å². The fraction of sp³-hybridized carbons (Fsp3) is 0.250. The van der Waals surface area contributed by atoms with Crippen molar-refractivity contribution < 1.29 is 8.78 Å². The van der Waals surface area contributed by atoms with E-state index in [1.807, 2.05) is 19.9 Å². The molecule has 0 atom stereocenters. The monoisotopic (exact) mass is 295 g/mol. The van der Waals surface area contributed by atoms with E-state index in [0.717, 1.165) is 11.1 Å². The predicted molar refractivity (Wildman–Crippen MR) is 77.7 cm³/mol. The first-order chi connectivity index (χ1) is 9.38. The first-order valence-corrected chi connectivity index (χ1v) is 6.71. The van der Waals surface area contributed by atoms with Crippen molar-refractivity contribution in [2.24, 2.45) is 0 Å². The first-order valence-electron chi connectivity index (χ1n) is 6.33. The van der Waals surface area contributed by atoms with Crippen LogP contribution in [0.25, 0.3) is 0 Å². The average molecular weight is 296 g/mol. The second-order valence-electron chi connectivity index (χ2n) is 5.23. The van der Waals surface area contributed by atoms with Crippen molar-refractivity contribution >= 4 is 11.6 Å². The lowest BCUT2D eigenvalue weighted by atomic mass is 9.93. The van der Waals surface area contributed by atoms with Gasteiger partial charge in [0.25, 0.3) is 0 Å². The molecule has 0 radical (unpaired) electrons. The van der Waals surface area contributed by atoms with Crippen LogP contribution in [0.5, 0.6) is 0 Å². The van der Waals surface area contributed by atoms with E-state index in [9.17, 15) is 8.78 Å². The van der Waals surface area contributed by atoms with Crippen molar-refractivity contribution in [2.45, 2.75) is 25.9 Å². The molecule has 1 N–H and O–H groups in total. The van der Waals surface area contributed by atoms with Gasteiger partial charge in [-0.25, -0.2) is 8.78 Å². The molecular formula is C16H16ClF2N. The van der Waals surface area contributed by atoms with Gasteiger partial charge in [0, 0.05) is 17.1 Å². The highest BCUT2D eigenvalue weighted by Crippen LogP contribution is 2.28. The molecule has 106 valence electrons. The second-order valence-corrected chi connectivity index (χ2v) is 5.64. The molecule has 4 heteroatoms. The number of rotatable bonds is 4. The molecule has 2 aromatic carbocycles. The molecule has 0 fully saturated rings. The smallest absolute Gasteiger partial charge is 0.124 e. The Kier molecular flexibility index (Phi) is 4.41. The van der Waals surface area contributed by atoms with E-state index in [4.69, 9.17) is 11.6 Å². The van der Waals surface area contributed by atoms with Gasteiger partial charge >= 0.3 is 0 Å². The van der Waals surface area contributed by atoms with E-state index >= 15 is 0 Å². The molecule has 0 aliphatic heterocycles. The van der Waals surface area contributed by atoms with Crippen molar-refractivity contribution in [1.29, 1.82) is 0 Å². The molecule has 0 saturated carbocycles. The normalized spacial score (nSPS) is 11.7. The van der Waals surface area contributed by atoms with Crippen LogP contribution >= 0.6 is 11.6 Å². The summed E-state index contributed by atoms with van der Waals surface area (Å²) in [6.07, 6.45) is 0. The van der Waals surface area contributed by atoms with Gasteiger partial charge in [-0.15, -0.1) is 0 Å². The third-order valence-corrected chi connectivity index (χ3v) is 3.54. The van der Waals surface area contributed by atoms with Crippen LogP contribution < -0.4 is 5.32 Å². The number of hydrogen-bond donors (Lipinski definition) is 1. The summed E-state index contributed by atoms with van der Waals surface area (Å²) >= 11 is 6.08. The van der Waals surface area contributed by atoms with Crippen LogP contribution in [0.3, 0.4) is 0 Å². The maximum absolute atomic E-state index is 13.1. The summed E-state index contributed by atoms with van der Waals surface area (Å²) in [4.78, 5) is 0. The van der Waals surface area contributed by atoms with Crippen molar-refractivity contribution in [3.05, 3.63) is 70.2 Å². The highest BCUT2D eigenvalue weighted by Gasteiger charge is 2.22. The van der Waals surface area contributed by atoms with Crippen LogP contribution in [-0.4, -0.2) is 0 Å². The minimum atomic E-state index is -0.447. The Labute approximate surface area is 122 Å². The summed E-state index contributed by atoms with van der Waals surface area (Å²) in [6.45, 7) is 4.40. The summed E-state index contributed by atoms with van der Waals surface area (Å²) in [7, 11) is 0. The molecule has 0 bridgehead atoms. The Bertz CT molecular complexity index is 611. The largest absolute Gasteiger partial charge is 0.304 e. The Morgan fingerprint density at radius 3 is 2.40 bits per heavy atom. The van der Waals surface area contributed by atoms with Crippen LogP contribution in [0.15, 0.2) is 42.5 Å². The summed E-state index contributed by atoms with van der Waals surface area (Å²) in [5, 5.41) is 3.68. The lowest BCUT2D eigenvalue weighted by Crippen LogP contribution is -2.36. The van der Waals surface area contributed by atoms with Crippen molar-refractivity contribution in [1.82, 2.24) is 5.32 Å². The minimum Gasteiger partial charge on any atom is -0.304 e. The van der Waals surface area contributed by atoms with Gasteiger partial charge in [-0.3, -0.25) is 0 Å². The molecule has 0 heterocycles. The van der Waals surface area contributed by atoms with Crippen LogP contribution in [0.2, 0.25) is 5.02 Å². The minimum absolute atomic E-state index is 0.262. The Hall–Kier alpha value is -1.45. The highest BCUT2D eigenvalue weighted by molar-refractivity contribution is 6.31. The van der Waals surface area contributed by atoms with Gasteiger partial charge in [0.15, 0.2) is 0 Å². The maximum Gasteiger partial charge on any atom is 0.124 e. The zero-order chi connectivity index (χ0) is 14.8. The number of nitrogens with one attached hydrogen (secondary N) is 1. The van der Waals surface area contributed by atoms with E-state index in [0.29, 0.717) is 11.6 Å². The van der Waals surface area contributed by atoms with Gasteiger partial charge < -0.3 is 5.32 Å². The van der Waals surface area contributed by atoms with E-state index in [1.54, 1.807) is 12.1 Å². The van der Waals surface area contributed by atoms with Crippen LogP contribution in [0.1, 0.15) is 25.0 Å². The fourth-order valence-electron chi connectivity index (χ4n) is 2.06. The molecule has 0 unspecified atom stereocenters. The Balaban J connectivity index is 2.14. The molecule has 0 aromatic heterocycles. The Morgan fingerprint density at radius 2 is 1.75 bits per heavy atom. The lowest BCUT2D eigenvalue weighted by molar-refractivity contribution is 0.400. The van der Waals surface area contributed by atoms with E-state index in [2.05, 4.69) is 5.32 Å². The van der Waals surface area contributed by atoms with Crippen LogP contribution in [-0.2, 0) is 12.1 Å². The maximum atomic E-state index is 13.1. The fourth-order valence-corrected chi connectivity index (χ4v) is 2.46. The lowest BCUT2D eigenvalue weighted by Gasteiger charge is -2.28. The second kappa shape index (κ2) is 5.90. The molecule has 0 amide bonds. The molecular weight excluding hydrogens is 280 g/mol. The summed E-state index contributed by atoms with van der Waals surface area (Å²) in [5.74, 6) is -0.624. The number of halogens is 3. The summed E-state index contributed by atoms with van der Waals surface area (Å²) < 4.78 is 26.2. The van der Waals surface area contributed by atoms with E-state index < -0.39 is 5.54 Å².